The molecule has 3 rings (SSSR count). The van der Waals surface area contributed by atoms with Crippen molar-refractivity contribution in [2.75, 3.05) is 25.3 Å². The van der Waals surface area contributed by atoms with E-state index in [-0.39, 0.29) is 17.9 Å². The van der Waals surface area contributed by atoms with Gasteiger partial charge in [0.05, 0.1) is 19.8 Å². The fourth-order valence-electron chi connectivity index (χ4n) is 3.25. The third kappa shape index (κ3) is 3.05. The number of hydrogen-bond donors (Lipinski definition) is 1. The monoisotopic (exact) mass is 375 g/mol. The quantitative estimate of drug-likeness (QED) is 0.638. The number of benzene rings is 1. The number of carbonyl (C=O) groups excluding carboxylic acids is 1. The Balaban J connectivity index is 2.24. The van der Waals surface area contributed by atoms with Gasteiger partial charge in [0.25, 0.3) is 5.56 Å². The van der Waals surface area contributed by atoms with Gasteiger partial charge in [0.2, 0.25) is 5.91 Å². The van der Waals surface area contributed by atoms with Crippen LogP contribution in [-0.4, -0.2) is 35.4 Å². The Kier molecular flexibility index (Phi) is 5.22. The second kappa shape index (κ2) is 7.41. The Hall–Kier alpha value is -2.48. The molecule has 0 saturated carbocycles. The van der Waals surface area contributed by atoms with E-state index < -0.39 is 5.92 Å². The Morgan fingerprint density at radius 2 is 2.08 bits per heavy atom. The van der Waals surface area contributed by atoms with Crippen LogP contribution in [-0.2, 0) is 11.8 Å². The van der Waals surface area contributed by atoms with Gasteiger partial charge in [0.1, 0.15) is 5.82 Å². The highest BCUT2D eigenvalue weighted by Gasteiger charge is 2.34. The molecule has 2 heterocycles. The maximum atomic E-state index is 12.8. The van der Waals surface area contributed by atoms with Gasteiger partial charge < -0.3 is 19.4 Å². The van der Waals surface area contributed by atoms with Crippen LogP contribution < -0.4 is 20.3 Å². The van der Waals surface area contributed by atoms with Gasteiger partial charge in [-0.05, 0) is 11.8 Å². The van der Waals surface area contributed by atoms with Crippen molar-refractivity contribution in [1.82, 2.24) is 9.55 Å². The molecule has 1 unspecified atom stereocenters. The van der Waals surface area contributed by atoms with E-state index in [1.165, 1.54) is 11.8 Å². The molecule has 1 aliphatic rings. The van der Waals surface area contributed by atoms with E-state index in [1.54, 1.807) is 31.9 Å². The third-order valence-electron chi connectivity index (χ3n) is 4.38. The first-order chi connectivity index (χ1) is 12.5. The molecule has 1 atom stereocenters. The summed E-state index contributed by atoms with van der Waals surface area (Å²) in [7, 11) is 4.90. The van der Waals surface area contributed by atoms with Crippen molar-refractivity contribution >= 4 is 23.5 Å². The molecule has 0 saturated heterocycles. The lowest BCUT2D eigenvalue weighted by Crippen LogP contribution is -2.33. The molecule has 0 bridgehead atoms. The van der Waals surface area contributed by atoms with Crippen LogP contribution in [0.15, 0.2) is 28.2 Å². The number of nitrogens with one attached hydrogen (secondary N) is 1. The van der Waals surface area contributed by atoms with Crippen molar-refractivity contribution in [3.63, 3.8) is 0 Å². The van der Waals surface area contributed by atoms with Gasteiger partial charge in [-0.1, -0.05) is 30.8 Å². The smallest absolute Gasteiger partial charge is 0.279 e. The summed E-state index contributed by atoms with van der Waals surface area (Å²) in [5.74, 6) is 1.75. The number of aromatic nitrogens is 2. The number of anilines is 1. The number of ether oxygens (including phenoxy) is 2. The Bertz CT molecular complexity index is 910. The van der Waals surface area contributed by atoms with Crippen molar-refractivity contribution in [3.05, 3.63) is 39.7 Å². The Morgan fingerprint density at radius 1 is 1.31 bits per heavy atom. The van der Waals surface area contributed by atoms with Gasteiger partial charge in [0, 0.05) is 24.9 Å². The summed E-state index contributed by atoms with van der Waals surface area (Å²) < 4.78 is 12.6. The molecule has 1 N–H and O–H groups in total. The van der Waals surface area contributed by atoms with Crippen molar-refractivity contribution in [2.24, 2.45) is 7.05 Å². The van der Waals surface area contributed by atoms with Crippen LogP contribution >= 0.6 is 11.8 Å². The number of hydrogen-bond acceptors (Lipinski definition) is 6. The summed E-state index contributed by atoms with van der Waals surface area (Å²) in [6.07, 6.45) is 0.147. The average molecular weight is 375 g/mol. The summed E-state index contributed by atoms with van der Waals surface area (Å²) in [4.78, 5) is 29.4. The van der Waals surface area contributed by atoms with E-state index in [2.05, 4.69) is 10.3 Å². The van der Waals surface area contributed by atoms with Gasteiger partial charge >= 0.3 is 0 Å². The third-order valence-corrected chi connectivity index (χ3v) is 5.30. The SMILES string of the molecule is CCSc1nc(=O)c2c(n1C)NC(=O)CC2c1cccc(OC)c1OC. The summed E-state index contributed by atoms with van der Waals surface area (Å²) in [6, 6.07) is 5.45. The minimum Gasteiger partial charge on any atom is -0.493 e. The first-order valence-electron chi connectivity index (χ1n) is 8.26. The molecule has 1 aliphatic heterocycles. The molecule has 1 aromatic carbocycles. The van der Waals surface area contributed by atoms with Gasteiger partial charge in [0.15, 0.2) is 16.7 Å². The second-order valence-corrected chi connectivity index (χ2v) is 7.07. The van der Waals surface area contributed by atoms with Crippen LogP contribution in [0.1, 0.15) is 30.4 Å². The fourth-order valence-corrected chi connectivity index (χ4v) is 3.94. The van der Waals surface area contributed by atoms with Crippen molar-refractivity contribution in [3.8, 4) is 11.5 Å². The number of thioether (sulfide) groups is 1. The maximum absolute atomic E-state index is 12.8. The number of rotatable bonds is 5. The molecule has 8 heteroatoms. The number of fused-ring (bicyclic) bond motifs is 1. The molecule has 1 amide bonds. The summed E-state index contributed by atoms with van der Waals surface area (Å²) in [5.41, 5.74) is 0.876. The molecule has 1 aromatic heterocycles. The zero-order chi connectivity index (χ0) is 18.8. The molecule has 0 aliphatic carbocycles. The molecule has 0 radical (unpaired) electrons. The van der Waals surface area contributed by atoms with Crippen molar-refractivity contribution < 1.29 is 14.3 Å². The maximum Gasteiger partial charge on any atom is 0.279 e. The largest absolute Gasteiger partial charge is 0.493 e. The highest BCUT2D eigenvalue weighted by Crippen LogP contribution is 2.42. The molecule has 0 spiro atoms. The lowest BCUT2D eigenvalue weighted by Gasteiger charge is -2.28. The zero-order valence-corrected chi connectivity index (χ0v) is 16.0. The second-order valence-electron chi connectivity index (χ2n) is 5.84. The van der Waals surface area contributed by atoms with Crippen molar-refractivity contribution in [2.45, 2.75) is 24.4 Å². The Morgan fingerprint density at radius 3 is 2.73 bits per heavy atom. The first-order valence-corrected chi connectivity index (χ1v) is 9.24. The predicted molar refractivity (Wildman–Crippen MR) is 101 cm³/mol. The van der Waals surface area contributed by atoms with Crippen LogP contribution in [0.2, 0.25) is 0 Å². The molecule has 0 fully saturated rings. The lowest BCUT2D eigenvalue weighted by atomic mass is 9.86. The number of carbonyl (C=O) groups is 1. The summed E-state index contributed by atoms with van der Waals surface area (Å²) in [6.45, 7) is 1.98. The molecule has 2 aromatic rings. The highest BCUT2D eigenvalue weighted by molar-refractivity contribution is 7.99. The number of para-hydroxylation sites is 1. The van der Waals surface area contributed by atoms with E-state index >= 15 is 0 Å². The average Bonchev–Trinajstić information content (AvgIpc) is 2.64. The van der Waals surface area contributed by atoms with Crippen LogP contribution in [0, 0.1) is 0 Å². The predicted octanol–water partition coefficient (Wildman–Crippen LogP) is 2.38. The number of nitrogens with zero attached hydrogens (tertiary/aromatic N) is 2. The van der Waals surface area contributed by atoms with Crippen LogP contribution in [0.4, 0.5) is 5.82 Å². The molecule has 138 valence electrons. The minimum atomic E-state index is -0.448. The Labute approximate surface area is 155 Å². The standard InChI is InChI=1S/C18H21N3O4S/c1-5-26-18-20-17(23)14-11(9-13(22)19-16(14)21(18)2)10-7-6-8-12(24-3)15(10)25-4/h6-8,11H,5,9H2,1-4H3,(H,19,22). The zero-order valence-electron chi connectivity index (χ0n) is 15.2. The van der Waals surface area contributed by atoms with E-state index in [0.717, 1.165) is 11.3 Å². The van der Waals surface area contributed by atoms with Crippen LogP contribution in [0.3, 0.4) is 0 Å². The van der Waals surface area contributed by atoms with Crippen LogP contribution in [0.25, 0.3) is 0 Å². The van der Waals surface area contributed by atoms with E-state index in [9.17, 15) is 9.59 Å². The normalized spacial score (nSPS) is 16.0. The first kappa shape index (κ1) is 18.3. The number of methoxy groups -OCH3 is 2. The van der Waals surface area contributed by atoms with Crippen molar-refractivity contribution in [1.29, 1.82) is 0 Å². The topological polar surface area (TPSA) is 82.5 Å². The summed E-state index contributed by atoms with van der Waals surface area (Å²) in [5, 5.41) is 3.41. The van der Waals surface area contributed by atoms with Gasteiger partial charge in [-0.3, -0.25) is 9.59 Å². The van der Waals surface area contributed by atoms with Gasteiger partial charge in [-0.25, -0.2) is 0 Å². The minimum absolute atomic E-state index is 0.147. The highest BCUT2D eigenvalue weighted by atomic mass is 32.2. The fraction of sp³-hybridized carbons (Fsp3) is 0.389. The van der Waals surface area contributed by atoms with Crippen LogP contribution in [0.5, 0.6) is 11.5 Å². The lowest BCUT2D eigenvalue weighted by molar-refractivity contribution is -0.116. The molecular weight excluding hydrogens is 354 g/mol. The molecule has 7 nitrogen and oxygen atoms in total. The van der Waals surface area contributed by atoms with E-state index in [0.29, 0.717) is 28.0 Å². The summed E-state index contributed by atoms with van der Waals surface area (Å²) >= 11 is 1.46. The van der Waals surface area contributed by atoms with Gasteiger partial charge in [-0.15, -0.1) is 0 Å². The molecular formula is C18H21N3O4S. The van der Waals surface area contributed by atoms with E-state index in [1.807, 2.05) is 19.1 Å². The van der Waals surface area contributed by atoms with E-state index in [4.69, 9.17) is 9.47 Å². The van der Waals surface area contributed by atoms with Gasteiger partial charge in [-0.2, -0.15) is 4.98 Å². The number of amides is 1. The molecule has 26 heavy (non-hydrogen) atoms.